The molecule has 1 amide bonds. The van der Waals surface area contributed by atoms with Gasteiger partial charge in [0.15, 0.2) is 5.96 Å². The third-order valence-electron chi connectivity index (χ3n) is 4.92. The Morgan fingerprint density at radius 3 is 2.68 bits per heavy atom. The van der Waals surface area contributed by atoms with Crippen molar-refractivity contribution >= 4 is 35.2 Å². The number of carbonyl (C=O) groups excluding carboxylic acids is 1. The third-order valence-corrected chi connectivity index (χ3v) is 5.23. The molecule has 0 saturated carbocycles. The van der Waals surface area contributed by atoms with Gasteiger partial charge in [0.25, 0.3) is 5.91 Å². The average molecular weight is 484 g/mol. The van der Waals surface area contributed by atoms with E-state index in [-0.39, 0.29) is 18.1 Å². The molecule has 178 valence electrons. The number of carbonyl (C=O) groups is 1. The van der Waals surface area contributed by atoms with Gasteiger partial charge in [-0.15, -0.1) is 0 Å². The summed E-state index contributed by atoms with van der Waals surface area (Å²) >= 11 is 6.25. The van der Waals surface area contributed by atoms with Crippen molar-refractivity contribution < 1.29 is 18.8 Å². The van der Waals surface area contributed by atoms with Gasteiger partial charge in [0, 0.05) is 19.2 Å². The fourth-order valence-electron chi connectivity index (χ4n) is 3.18. The number of anilines is 1. The number of hydrogen-bond acceptors (Lipinski definition) is 6. The first-order valence-corrected chi connectivity index (χ1v) is 10.7. The summed E-state index contributed by atoms with van der Waals surface area (Å²) in [5.74, 6) is 0.386. The van der Waals surface area contributed by atoms with Crippen LogP contribution in [0.1, 0.15) is 27.2 Å². The van der Waals surface area contributed by atoms with Crippen LogP contribution in [0.2, 0.25) is 5.02 Å². The summed E-state index contributed by atoms with van der Waals surface area (Å²) < 4.78 is 15.4. The van der Waals surface area contributed by atoms with Gasteiger partial charge in [0.05, 0.1) is 24.4 Å². The molecule has 1 aromatic heterocycles. The quantitative estimate of drug-likeness (QED) is 0.250. The number of halogens is 1. The van der Waals surface area contributed by atoms with Gasteiger partial charge in [-0.25, -0.2) is 0 Å². The van der Waals surface area contributed by atoms with Crippen LogP contribution >= 0.6 is 11.6 Å². The molecule has 2 aromatic carbocycles. The Bertz CT molecular complexity index is 1220. The molecule has 5 N–H and O–H groups in total. The number of rotatable bonds is 8. The van der Waals surface area contributed by atoms with Gasteiger partial charge < -0.3 is 30.8 Å². The smallest absolute Gasteiger partial charge is 0.286 e. The van der Waals surface area contributed by atoms with Crippen LogP contribution in [0.25, 0.3) is 17.3 Å². The first-order chi connectivity index (χ1) is 16.3. The normalized spacial score (nSPS) is 11.7. The molecule has 0 fully saturated rings. The lowest BCUT2D eigenvalue weighted by Crippen LogP contribution is -2.32. The van der Waals surface area contributed by atoms with E-state index < -0.39 is 5.91 Å². The molecule has 0 saturated heterocycles. The van der Waals surface area contributed by atoms with E-state index in [4.69, 9.17) is 37.1 Å². The fraction of sp³-hybridized carbons (Fsp3) is 0.208. The zero-order valence-corrected chi connectivity index (χ0v) is 19.8. The van der Waals surface area contributed by atoms with Crippen LogP contribution in [0, 0.1) is 6.92 Å². The maximum absolute atomic E-state index is 12.9. The Kier molecular flexibility index (Phi) is 8.29. The van der Waals surface area contributed by atoms with Crippen molar-refractivity contribution in [2.24, 2.45) is 10.7 Å². The zero-order chi connectivity index (χ0) is 24.7. The lowest BCUT2D eigenvalue weighted by molar-refractivity contribution is 0.100. The number of aliphatic imine (C=N–C) groups is 1. The maximum Gasteiger partial charge on any atom is 0.286 e. The average Bonchev–Trinajstić information content (AvgIpc) is 3.22. The van der Waals surface area contributed by atoms with Crippen LogP contribution in [0.3, 0.4) is 0 Å². The van der Waals surface area contributed by atoms with Gasteiger partial charge in [-0.2, -0.15) is 4.99 Å². The molecule has 34 heavy (non-hydrogen) atoms. The van der Waals surface area contributed by atoms with Crippen molar-refractivity contribution in [2.45, 2.75) is 13.5 Å². The monoisotopic (exact) mass is 483 g/mol. The van der Waals surface area contributed by atoms with Crippen LogP contribution in [-0.4, -0.2) is 37.8 Å². The number of aryl methyl sites for hydroxylation is 1. The Balaban J connectivity index is 1.76. The number of methoxy groups -OCH3 is 2. The van der Waals surface area contributed by atoms with E-state index in [0.29, 0.717) is 40.1 Å². The number of benzene rings is 2. The van der Waals surface area contributed by atoms with E-state index in [9.17, 15) is 4.79 Å². The minimum absolute atomic E-state index is 0.0595. The van der Waals surface area contributed by atoms with Gasteiger partial charge in [-0.05, 0) is 54.4 Å². The molecule has 0 aliphatic heterocycles. The first kappa shape index (κ1) is 24.8. The van der Waals surface area contributed by atoms with Crippen LogP contribution in [0.5, 0.6) is 5.75 Å². The molecular formula is C24H26ClN5O4. The number of guanidine groups is 1. The highest BCUT2D eigenvalue weighted by atomic mass is 35.5. The highest BCUT2D eigenvalue weighted by Gasteiger charge is 2.21. The summed E-state index contributed by atoms with van der Waals surface area (Å²) in [5.41, 5.74) is 15.3. The van der Waals surface area contributed by atoms with Crippen molar-refractivity contribution in [1.82, 2.24) is 10.5 Å². The minimum atomic E-state index is -0.576. The Hall–Kier alpha value is -3.82. The SMILES string of the molecule is COCC=Cc1cc(CNC(N)=NC(=O)c2c(-c3ccc(OC)cc3)noc2C)cc(Cl)c1N. The van der Waals surface area contributed by atoms with Gasteiger partial charge in [0.1, 0.15) is 22.8 Å². The number of aromatic nitrogens is 1. The van der Waals surface area contributed by atoms with Crippen LogP contribution < -0.4 is 21.5 Å². The number of nitrogens with two attached hydrogens (primary N) is 2. The Morgan fingerprint density at radius 1 is 1.26 bits per heavy atom. The van der Waals surface area contributed by atoms with E-state index in [1.54, 1.807) is 51.5 Å². The maximum atomic E-state index is 12.9. The summed E-state index contributed by atoms with van der Waals surface area (Å²) in [6, 6.07) is 10.7. The summed E-state index contributed by atoms with van der Waals surface area (Å²) in [7, 11) is 3.18. The number of nitrogen functional groups attached to an aromatic ring is 1. The predicted molar refractivity (Wildman–Crippen MR) is 133 cm³/mol. The molecule has 0 unspecified atom stereocenters. The molecule has 0 bridgehead atoms. The third kappa shape index (κ3) is 5.94. The molecule has 0 atom stereocenters. The Labute approximate surface area is 202 Å². The second kappa shape index (κ2) is 11.4. The topological polar surface area (TPSA) is 138 Å². The number of amides is 1. The molecule has 3 rings (SSSR count). The minimum Gasteiger partial charge on any atom is -0.497 e. The van der Waals surface area contributed by atoms with Crippen molar-refractivity contribution in [3.63, 3.8) is 0 Å². The summed E-state index contributed by atoms with van der Waals surface area (Å²) in [6.07, 6.45) is 3.65. The van der Waals surface area contributed by atoms with E-state index >= 15 is 0 Å². The molecule has 3 aromatic rings. The van der Waals surface area contributed by atoms with Crippen LogP contribution in [0.15, 0.2) is 52.0 Å². The standard InChI is InChI=1S/C24H26ClN5O4/c1-14-20(22(30-34-14)16-6-8-18(33-3)9-7-16)23(31)29-24(27)28-13-15-11-17(5-4-10-32-2)21(26)19(25)12-15/h4-9,11-12H,10,13,26H2,1-3H3,(H3,27,28,29,31). The largest absolute Gasteiger partial charge is 0.497 e. The van der Waals surface area contributed by atoms with Crippen molar-refractivity contribution in [2.75, 3.05) is 26.6 Å². The van der Waals surface area contributed by atoms with E-state index in [1.807, 2.05) is 18.2 Å². The van der Waals surface area contributed by atoms with Crippen LogP contribution in [-0.2, 0) is 11.3 Å². The molecular weight excluding hydrogens is 458 g/mol. The first-order valence-electron chi connectivity index (χ1n) is 10.3. The van der Waals surface area contributed by atoms with Crippen LogP contribution in [0.4, 0.5) is 5.69 Å². The van der Waals surface area contributed by atoms with Crippen molar-refractivity contribution in [3.05, 3.63) is 69.9 Å². The van der Waals surface area contributed by atoms with Gasteiger partial charge in [-0.1, -0.05) is 28.9 Å². The molecule has 0 radical (unpaired) electrons. The fourth-order valence-corrected chi connectivity index (χ4v) is 3.43. The zero-order valence-electron chi connectivity index (χ0n) is 19.1. The number of nitrogens with zero attached hydrogens (tertiary/aromatic N) is 2. The van der Waals surface area contributed by atoms with E-state index in [2.05, 4.69) is 15.5 Å². The molecule has 0 spiro atoms. The van der Waals surface area contributed by atoms with E-state index in [1.165, 1.54) is 0 Å². The molecule has 0 aliphatic carbocycles. The highest BCUT2D eigenvalue weighted by Crippen LogP contribution is 2.28. The molecule has 0 aliphatic rings. The van der Waals surface area contributed by atoms with Crippen molar-refractivity contribution in [1.29, 1.82) is 0 Å². The summed E-state index contributed by atoms with van der Waals surface area (Å²) in [4.78, 5) is 16.8. The molecule has 10 heteroatoms. The number of nitrogens with one attached hydrogen (secondary N) is 1. The predicted octanol–water partition coefficient (Wildman–Crippen LogP) is 3.80. The summed E-state index contributed by atoms with van der Waals surface area (Å²) in [5, 5.41) is 7.34. The van der Waals surface area contributed by atoms with Crippen molar-refractivity contribution in [3.8, 4) is 17.0 Å². The molecule has 9 nitrogen and oxygen atoms in total. The van der Waals surface area contributed by atoms with Gasteiger partial charge in [0.2, 0.25) is 0 Å². The number of hydrogen-bond donors (Lipinski definition) is 3. The van der Waals surface area contributed by atoms with Gasteiger partial charge in [-0.3, -0.25) is 4.79 Å². The lowest BCUT2D eigenvalue weighted by atomic mass is 10.1. The second-order valence-corrected chi connectivity index (χ2v) is 7.69. The Morgan fingerprint density at radius 2 is 2.00 bits per heavy atom. The molecule has 1 heterocycles. The second-order valence-electron chi connectivity index (χ2n) is 7.28. The van der Waals surface area contributed by atoms with E-state index in [0.717, 1.165) is 11.1 Å². The lowest BCUT2D eigenvalue weighted by Gasteiger charge is -2.10. The highest BCUT2D eigenvalue weighted by molar-refractivity contribution is 6.33. The summed E-state index contributed by atoms with van der Waals surface area (Å²) in [6.45, 7) is 2.37. The number of ether oxygens (including phenoxy) is 2. The van der Waals surface area contributed by atoms with Gasteiger partial charge >= 0.3 is 0 Å².